The standard InChI is InChI=1S/C12H11F3N4O/c1-17-9-6-10(19-11(16)18-9)20-8-4-2-3-7(5-8)12(13,14)15/h2-6H,1H3,(H3,16,17,18,19). The van der Waals surface area contributed by atoms with E-state index in [4.69, 9.17) is 10.5 Å². The minimum Gasteiger partial charge on any atom is -0.439 e. The molecule has 2 rings (SSSR count). The third-order valence-corrected chi connectivity index (χ3v) is 2.36. The number of hydrogen-bond acceptors (Lipinski definition) is 5. The summed E-state index contributed by atoms with van der Waals surface area (Å²) in [7, 11) is 1.62. The second kappa shape index (κ2) is 5.24. The predicted octanol–water partition coefficient (Wildman–Crippen LogP) is 2.91. The topological polar surface area (TPSA) is 73.1 Å². The van der Waals surface area contributed by atoms with Gasteiger partial charge < -0.3 is 15.8 Å². The molecule has 0 bridgehead atoms. The Morgan fingerprint density at radius 3 is 2.60 bits per heavy atom. The van der Waals surface area contributed by atoms with Crippen molar-refractivity contribution in [2.75, 3.05) is 18.1 Å². The summed E-state index contributed by atoms with van der Waals surface area (Å²) in [6.07, 6.45) is -4.43. The SMILES string of the molecule is CNc1cc(Oc2cccc(C(F)(F)F)c2)nc(N)n1. The van der Waals surface area contributed by atoms with Crippen LogP contribution in [0, 0.1) is 0 Å². The Bertz CT molecular complexity index is 616. The molecule has 1 aromatic heterocycles. The van der Waals surface area contributed by atoms with Crippen molar-refractivity contribution in [1.82, 2.24) is 9.97 Å². The summed E-state index contributed by atoms with van der Waals surface area (Å²) in [5, 5.41) is 2.74. The van der Waals surface area contributed by atoms with Crippen molar-refractivity contribution in [1.29, 1.82) is 0 Å². The number of halogens is 3. The van der Waals surface area contributed by atoms with E-state index < -0.39 is 11.7 Å². The molecular formula is C12H11F3N4O. The summed E-state index contributed by atoms with van der Waals surface area (Å²) >= 11 is 0. The lowest BCUT2D eigenvalue weighted by atomic mass is 10.2. The van der Waals surface area contributed by atoms with Gasteiger partial charge in [-0.25, -0.2) is 0 Å². The molecule has 3 N–H and O–H groups in total. The minimum atomic E-state index is -4.43. The molecule has 0 radical (unpaired) electrons. The fourth-order valence-electron chi connectivity index (χ4n) is 1.48. The zero-order valence-corrected chi connectivity index (χ0v) is 10.4. The van der Waals surface area contributed by atoms with E-state index in [1.807, 2.05) is 0 Å². The highest BCUT2D eigenvalue weighted by Crippen LogP contribution is 2.32. The van der Waals surface area contributed by atoms with Gasteiger partial charge in [0.25, 0.3) is 0 Å². The summed E-state index contributed by atoms with van der Waals surface area (Å²) < 4.78 is 43.0. The van der Waals surface area contributed by atoms with Crippen molar-refractivity contribution >= 4 is 11.8 Å². The lowest BCUT2D eigenvalue weighted by Gasteiger charge is -2.10. The highest BCUT2D eigenvalue weighted by atomic mass is 19.4. The van der Waals surface area contributed by atoms with Crippen LogP contribution in [0.2, 0.25) is 0 Å². The first-order chi connectivity index (χ1) is 9.38. The number of ether oxygens (including phenoxy) is 1. The molecule has 1 heterocycles. The highest BCUT2D eigenvalue weighted by Gasteiger charge is 2.30. The number of nitrogens with zero attached hydrogens (tertiary/aromatic N) is 2. The number of hydrogen-bond donors (Lipinski definition) is 2. The number of alkyl halides is 3. The molecule has 0 aliphatic carbocycles. The van der Waals surface area contributed by atoms with E-state index in [-0.39, 0.29) is 17.6 Å². The van der Waals surface area contributed by atoms with Crippen molar-refractivity contribution in [3.63, 3.8) is 0 Å². The lowest BCUT2D eigenvalue weighted by Crippen LogP contribution is -2.05. The van der Waals surface area contributed by atoms with E-state index in [1.165, 1.54) is 18.2 Å². The molecule has 0 spiro atoms. The maximum absolute atomic E-state index is 12.6. The Labute approximate surface area is 112 Å². The molecule has 0 saturated heterocycles. The fourth-order valence-corrected chi connectivity index (χ4v) is 1.48. The van der Waals surface area contributed by atoms with Crippen molar-refractivity contribution in [2.45, 2.75) is 6.18 Å². The third kappa shape index (κ3) is 3.28. The molecule has 0 saturated carbocycles. The summed E-state index contributed by atoms with van der Waals surface area (Å²) in [6.45, 7) is 0. The van der Waals surface area contributed by atoms with Crippen molar-refractivity contribution in [3.05, 3.63) is 35.9 Å². The summed E-state index contributed by atoms with van der Waals surface area (Å²) in [4.78, 5) is 7.64. The zero-order valence-electron chi connectivity index (χ0n) is 10.4. The van der Waals surface area contributed by atoms with Crippen LogP contribution in [0.5, 0.6) is 11.6 Å². The average molecular weight is 284 g/mol. The van der Waals surface area contributed by atoms with Crippen LogP contribution in [0.3, 0.4) is 0 Å². The van der Waals surface area contributed by atoms with E-state index >= 15 is 0 Å². The van der Waals surface area contributed by atoms with Gasteiger partial charge in [0.1, 0.15) is 11.6 Å². The quantitative estimate of drug-likeness (QED) is 0.906. The van der Waals surface area contributed by atoms with E-state index in [0.29, 0.717) is 5.82 Å². The molecule has 0 aliphatic heterocycles. The molecular weight excluding hydrogens is 273 g/mol. The molecule has 2 aromatic rings. The Morgan fingerprint density at radius 1 is 1.20 bits per heavy atom. The fraction of sp³-hybridized carbons (Fsp3) is 0.167. The number of aromatic nitrogens is 2. The van der Waals surface area contributed by atoms with Crippen LogP contribution in [0.1, 0.15) is 5.56 Å². The predicted molar refractivity (Wildman–Crippen MR) is 67.5 cm³/mol. The second-order valence-corrected chi connectivity index (χ2v) is 3.83. The normalized spacial score (nSPS) is 11.2. The molecule has 106 valence electrons. The average Bonchev–Trinajstić information content (AvgIpc) is 2.37. The first-order valence-corrected chi connectivity index (χ1v) is 5.56. The van der Waals surface area contributed by atoms with Gasteiger partial charge in [-0.3, -0.25) is 0 Å². The van der Waals surface area contributed by atoms with Gasteiger partial charge in [0.2, 0.25) is 11.8 Å². The first-order valence-electron chi connectivity index (χ1n) is 5.56. The van der Waals surface area contributed by atoms with Gasteiger partial charge >= 0.3 is 6.18 Å². The zero-order chi connectivity index (χ0) is 14.8. The molecule has 0 unspecified atom stereocenters. The van der Waals surface area contributed by atoms with Crippen LogP contribution in [-0.4, -0.2) is 17.0 Å². The molecule has 0 amide bonds. The Kier molecular flexibility index (Phi) is 3.64. The third-order valence-electron chi connectivity index (χ3n) is 2.36. The molecule has 8 heteroatoms. The van der Waals surface area contributed by atoms with Gasteiger partial charge in [0, 0.05) is 13.1 Å². The van der Waals surface area contributed by atoms with Crippen LogP contribution in [0.25, 0.3) is 0 Å². The lowest BCUT2D eigenvalue weighted by molar-refractivity contribution is -0.137. The number of benzene rings is 1. The number of rotatable bonds is 3. The van der Waals surface area contributed by atoms with Crippen LogP contribution in [0.15, 0.2) is 30.3 Å². The van der Waals surface area contributed by atoms with Crippen molar-refractivity contribution in [3.8, 4) is 11.6 Å². The molecule has 0 fully saturated rings. The molecule has 20 heavy (non-hydrogen) atoms. The summed E-state index contributed by atoms with van der Waals surface area (Å²) in [5.41, 5.74) is 4.67. The van der Waals surface area contributed by atoms with Gasteiger partial charge in [-0.15, -0.1) is 0 Å². The first kappa shape index (κ1) is 13.9. The maximum atomic E-state index is 12.6. The Morgan fingerprint density at radius 2 is 1.95 bits per heavy atom. The van der Waals surface area contributed by atoms with Crippen molar-refractivity contribution < 1.29 is 17.9 Å². The van der Waals surface area contributed by atoms with Gasteiger partial charge in [0.05, 0.1) is 5.56 Å². The molecule has 1 aromatic carbocycles. The largest absolute Gasteiger partial charge is 0.439 e. The number of nitrogens with one attached hydrogen (secondary N) is 1. The van der Waals surface area contributed by atoms with Crippen LogP contribution >= 0.6 is 0 Å². The maximum Gasteiger partial charge on any atom is 0.416 e. The number of anilines is 2. The van der Waals surface area contributed by atoms with Gasteiger partial charge in [-0.05, 0) is 18.2 Å². The van der Waals surface area contributed by atoms with Gasteiger partial charge in [-0.2, -0.15) is 23.1 Å². The van der Waals surface area contributed by atoms with E-state index in [0.717, 1.165) is 12.1 Å². The van der Waals surface area contributed by atoms with Crippen molar-refractivity contribution in [2.24, 2.45) is 0 Å². The molecule has 5 nitrogen and oxygen atoms in total. The minimum absolute atomic E-state index is 0.0139. The van der Waals surface area contributed by atoms with Crippen LogP contribution in [-0.2, 0) is 6.18 Å². The van der Waals surface area contributed by atoms with E-state index in [1.54, 1.807) is 7.05 Å². The van der Waals surface area contributed by atoms with Crippen LogP contribution in [0.4, 0.5) is 24.9 Å². The second-order valence-electron chi connectivity index (χ2n) is 3.83. The van der Waals surface area contributed by atoms with Gasteiger partial charge in [-0.1, -0.05) is 6.07 Å². The number of nitrogen functional groups attached to an aromatic ring is 1. The summed E-state index contributed by atoms with van der Waals surface area (Å²) in [6, 6.07) is 5.92. The Hall–Kier alpha value is -2.51. The van der Waals surface area contributed by atoms with E-state index in [9.17, 15) is 13.2 Å². The highest BCUT2D eigenvalue weighted by molar-refractivity contribution is 5.43. The van der Waals surface area contributed by atoms with Gasteiger partial charge in [0.15, 0.2) is 0 Å². The monoisotopic (exact) mass is 284 g/mol. The Balaban J connectivity index is 2.28. The smallest absolute Gasteiger partial charge is 0.416 e. The molecule has 0 atom stereocenters. The molecule has 0 aliphatic rings. The van der Waals surface area contributed by atoms with Crippen LogP contribution < -0.4 is 15.8 Å². The van der Waals surface area contributed by atoms with E-state index in [2.05, 4.69) is 15.3 Å². The number of nitrogens with two attached hydrogens (primary N) is 1. The summed E-state index contributed by atoms with van der Waals surface area (Å²) in [5.74, 6) is 0.430.